The molecule has 3 heteroatoms. The molecular formula is C15H21NO2. The van der Waals surface area contributed by atoms with E-state index in [1.165, 1.54) is 5.56 Å². The van der Waals surface area contributed by atoms with Crippen molar-refractivity contribution in [2.45, 2.75) is 26.8 Å². The van der Waals surface area contributed by atoms with E-state index in [4.69, 9.17) is 4.74 Å². The van der Waals surface area contributed by atoms with Crippen LogP contribution < -0.4 is 5.32 Å². The molecule has 0 amide bonds. The van der Waals surface area contributed by atoms with E-state index in [2.05, 4.69) is 12.2 Å². The molecule has 18 heavy (non-hydrogen) atoms. The van der Waals surface area contributed by atoms with Gasteiger partial charge in [-0.05, 0) is 31.5 Å². The second kappa shape index (κ2) is 5.63. The van der Waals surface area contributed by atoms with E-state index >= 15 is 0 Å². The minimum absolute atomic E-state index is 0.0505. The van der Waals surface area contributed by atoms with Gasteiger partial charge in [0, 0.05) is 11.6 Å². The summed E-state index contributed by atoms with van der Waals surface area (Å²) in [5, 5.41) is 3.33. The van der Waals surface area contributed by atoms with Crippen molar-refractivity contribution in [1.29, 1.82) is 0 Å². The summed E-state index contributed by atoms with van der Waals surface area (Å²) >= 11 is 0. The lowest BCUT2D eigenvalue weighted by atomic mass is 9.89. The Morgan fingerprint density at radius 3 is 2.89 bits per heavy atom. The molecule has 1 N–H and O–H groups in total. The highest BCUT2D eigenvalue weighted by Gasteiger charge is 2.34. The quantitative estimate of drug-likeness (QED) is 0.828. The lowest BCUT2D eigenvalue weighted by Gasteiger charge is -2.18. The Kier molecular flexibility index (Phi) is 4.15. The monoisotopic (exact) mass is 247 g/mol. The van der Waals surface area contributed by atoms with Crippen molar-refractivity contribution in [2.75, 3.05) is 19.8 Å². The third-order valence-corrected chi connectivity index (χ3v) is 3.75. The zero-order chi connectivity index (χ0) is 13.1. The molecule has 1 aliphatic heterocycles. The Balaban J connectivity index is 2.23. The van der Waals surface area contributed by atoms with Crippen LogP contribution in [0.3, 0.4) is 0 Å². The van der Waals surface area contributed by atoms with Crippen LogP contribution in [-0.2, 0) is 4.74 Å². The normalized spacial score (nSPS) is 23.3. The minimum Gasteiger partial charge on any atom is -0.379 e. The molecule has 0 spiro atoms. The maximum Gasteiger partial charge on any atom is 0.170 e. The molecule has 0 bridgehead atoms. The first-order valence-corrected chi connectivity index (χ1v) is 6.56. The van der Waals surface area contributed by atoms with Crippen LogP contribution in [0.25, 0.3) is 0 Å². The molecule has 98 valence electrons. The molecule has 3 nitrogen and oxygen atoms in total. The van der Waals surface area contributed by atoms with Crippen molar-refractivity contribution in [3.63, 3.8) is 0 Å². The first-order chi connectivity index (χ1) is 8.65. The standard InChI is InChI=1S/C15H21NO2/c1-4-16-14-9-18-8-13(14)15(17)12-7-5-6-10(2)11(12)3/h5-7,13-14,16H,4,8-9H2,1-3H3. The van der Waals surface area contributed by atoms with Gasteiger partial charge in [-0.2, -0.15) is 0 Å². The van der Waals surface area contributed by atoms with Crippen molar-refractivity contribution in [1.82, 2.24) is 5.32 Å². The van der Waals surface area contributed by atoms with Crippen molar-refractivity contribution in [3.05, 3.63) is 34.9 Å². The number of carbonyl (C=O) groups is 1. The zero-order valence-electron chi connectivity index (χ0n) is 11.3. The second-order valence-electron chi connectivity index (χ2n) is 4.92. The van der Waals surface area contributed by atoms with Gasteiger partial charge in [-0.25, -0.2) is 0 Å². The molecule has 1 aliphatic rings. The summed E-state index contributed by atoms with van der Waals surface area (Å²) in [6, 6.07) is 6.07. The number of aryl methyl sites for hydroxylation is 1. The molecule has 2 rings (SSSR count). The van der Waals surface area contributed by atoms with Gasteiger partial charge in [0.1, 0.15) is 0 Å². The fraction of sp³-hybridized carbons (Fsp3) is 0.533. The van der Waals surface area contributed by atoms with Crippen LogP contribution >= 0.6 is 0 Å². The van der Waals surface area contributed by atoms with Crippen molar-refractivity contribution < 1.29 is 9.53 Å². The first-order valence-electron chi connectivity index (χ1n) is 6.56. The zero-order valence-corrected chi connectivity index (χ0v) is 11.3. The molecule has 1 aromatic carbocycles. The molecule has 1 heterocycles. The molecule has 0 aromatic heterocycles. The lowest BCUT2D eigenvalue weighted by Crippen LogP contribution is -2.39. The van der Waals surface area contributed by atoms with E-state index in [0.29, 0.717) is 13.2 Å². The van der Waals surface area contributed by atoms with Crippen LogP contribution in [0, 0.1) is 19.8 Å². The van der Waals surface area contributed by atoms with Crippen LogP contribution in [0.15, 0.2) is 18.2 Å². The Hall–Kier alpha value is -1.19. The van der Waals surface area contributed by atoms with E-state index in [1.54, 1.807) is 0 Å². The molecule has 1 saturated heterocycles. The van der Waals surface area contributed by atoms with E-state index in [1.807, 2.05) is 32.0 Å². The summed E-state index contributed by atoms with van der Waals surface area (Å²) in [6.07, 6.45) is 0. The number of hydrogen-bond acceptors (Lipinski definition) is 3. The number of hydrogen-bond donors (Lipinski definition) is 1. The molecule has 1 aromatic rings. The molecule has 0 saturated carbocycles. The Morgan fingerprint density at radius 2 is 2.17 bits per heavy atom. The number of rotatable bonds is 4. The Morgan fingerprint density at radius 1 is 1.39 bits per heavy atom. The van der Waals surface area contributed by atoms with Gasteiger partial charge < -0.3 is 10.1 Å². The molecule has 2 atom stereocenters. The first kappa shape index (κ1) is 13.2. The highest BCUT2D eigenvalue weighted by Crippen LogP contribution is 2.22. The Bertz CT molecular complexity index is 442. The van der Waals surface area contributed by atoms with Crippen LogP contribution in [0.2, 0.25) is 0 Å². The van der Waals surface area contributed by atoms with Crippen LogP contribution in [0.1, 0.15) is 28.4 Å². The highest BCUT2D eigenvalue weighted by atomic mass is 16.5. The van der Waals surface area contributed by atoms with E-state index in [0.717, 1.165) is 17.7 Å². The average Bonchev–Trinajstić information content (AvgIpc) is 2.80. The SMILES string of the molecule is CCNC1COCC1C(=O)c1cccc(C)c1C. The van der Waals surface area contributed by atoms with Crippen molar-refractivity contribution >= 4 is 5.78 Å². The van der Waals surface area contributed by atoms with Gasteiger partial charge in [0.15, 0.2) is 5.78 Å². The van der Waals surface area contributed by atoms with Gasteiger partial charge in [0.2, 0.25) is 0 Å². The van der Waals surface area contributed by atoms with Crippen molar-refractivity contribution in [3.8, 4) is 0 Å². The Labute approximate surface area is 109 Å². The van der Waals surface area contributed by atoms with Gasteiger partial charge >= 0.3 is 0 Å². The minimum atomic E-state index is -0.0505. The fourth-order valence-corrected chi connectivity index (χ4v) is 2.49. The van der Waals surface area contributed by atoms with Crippen molar-refractivity contribution in [2.24, 2.45) is 5.92 Å². The maximum atomic E-state index is 12.6. The smallest absolute Gasteiger partial charge is 0.170 e. The van der Waals surface area contributed by atoms with E-state index < -0.39 is 0 Å². The van der Waals surface area contributed by atoms with Gasteiger partial charge in [-0.1, -0.05) is 25.1 Å². The molecule has 0 radical (unpaired) electrons. The third kappa shape index (κ3) is 2.47. The third-order valence-electron chi connectivity index (χ3n) is 3.75. The van der Waals surface area contributed by atoms with Gasteiger partial charge in [-0.3, -0.25) is 4.79 Å². The maximum absolute atomic E-state index is 12.6. The number of carbonyl (C=O) groups excluding carboxylic acids is 1. The summed E-state index contributed by atoms with van der Waals surface area (Å²) in [5.74, 6) is 0.157. The topological polar surface area (TPSA) is 38.3 Å². The predicted molar refractivity (Wildman–Crippen MR) is 72.0 cm³/mol. The highest BCUT2D eigenvalue weighted by molar-refractivity contribution is 6.00. The molecule has 0 aliphatic carbocycles. The average molecular weight is 247 g/mol. The summed E-state index contributed by atoms with van der Waals surface area (Å²) in [7, 11) is 0. The number of nitrogens with one attached hydrogen (secondary N) is 1. The number of likely N-dealkylation sites (N-methyl/N-ethyl adjacent to an activating group) is 1. The molecule has 2 unspecified atom stereocenters. The summed E-state index contributed by atoms with van der Waals surface area (Å²) in [6.45, 7) is 8.14. The van der Waals surface area contributed by atoms with Gasteiger partial charge in [0.05, 0.1) is 19.1 Å². The number of ketones is 1. The lowest BCUT2D eigenvalue weighted by molar-refractivity contribution is 0.0891. The molecular weight excluding hydrogens is 226 g/mol. The van der Waals surface area contributed by atoms with Crippen LogP contribution in [-0.4, -0.2) is 31.6 Å². The second-order valence-corrected chi connectivity index (χ2v) is 4.92. The summed E-state index contributed by atoms with van der Waals surface area (Å²) in [4.78, 5) is 12.6. The fourth-order valence-electron chi connectivity index (χ4n) is 2.49. The van der Waals surface area contributed by atoms with E-state index in [9.17, 15) is 4.79 Å². The number of benzene rings is 1. The van der Waals surface area contributed by atoms with Crippen LogP contribution in [0.5, 0.6) is 0 Å². The number of ether oxygens (including phenoxy) is 1. The van der Waals surface area contributed by atoms with Crippen LogP contribution in [0.4, 0.5) is 0 Å². The largest absolute Gasteiger partial charge is 0.379 e. The summed E-state index contributed by atoms with van der Waals surface area (Å²) in [5.41, 5.74) is 3.10. The summed E-state index contributed by atoms with van der Waals surface area (Å²) < 4.78 is 5.45. The number of Topliss-reactive ketones (excluding diaryl/α,β-unsaturated/α-hetero) is 1. The van der Waals surface area contributed by atoms with Gasteiger partial charge in [-0.15, -0.1) is 0 Å². The van der Waals surface area contributed by atoms with E-state index in [-0.39, 0.29) is 17.7 Å². The molecule has 1 fully saturated rings. The van der Waals surface area contributed by atoms with Gasteiger partial charge in [0.25, 0.3) is 0 Å². The predicted octanol–water partition coefficient (Wildman–Crippen LogP) is 2.11.